The lowest BCUT2D eigenvalue weighted by Crippen LogP contribution is -2.28. The maximum atomic E-state index is 11.7. The van der Waals surface area contributed by atoms with Crippen LogP contribution in [0, 0.1) is 0 Å². The molecule has 2 N–H and O–H groups in total. The Balaban J connectivity index is 2.00. The van der Waals surface area contributed by atoms with E-state index < -0.39 is 0 Å². The summed E-state index contributed by atoms with van der Waals surface area (Å²) in [6.07, 6.45) is 0.503. The molecule has 0 bridgehead atoms. The van der Waals surface area contributed by atoms with Crippen LogP contribution in [-0.2, 0) is 4.79 Å². The van der Waals surface area contributed by atoms with Crippen LogP contribution >= 0.6 is 0 Å². The average Bonchev–Trinajstić information content (AvgIpc) is 2.54. The van der Waals surface area contributed by atoms with Gasteiger partial charge in [0.05, 0.1) is 6.04 Å². The molecule has 0 saturated heterocycles. The standard InChI is InChI=1S/C18H22N2O/c1-14(20-18(21)12-13-19-2)15-8-10-17(11-9-15)16-6-4-3-5-7-16/h3-11,14,19H,12-13H2,1-2H3,(H,20,21). The quantitative estimate of drug-likeness (QED) is 0.854. The van der Waals surface area contributed by atoms with Crippen LogP contribution in [0.1, 0.15) is 24.9 Å². The van der Waals surface area contributed by atoms with Gasteiger partial charge in [-0.15, -0.1) is 0 Å². The van der Waals surface area contributed by atoms with Crippen molar-refractivity contribution in [1.82, 2.24) is 10.6 Å². The predicted molar refractivity (Wildman–Crippen MR) is 87.0 cm³/mol. The van der Waals surface area contributed by atoms with Crippen LogP contribution in [-0.4, -0.2) is 19.5 Å². The first kappa shape index (κ1) is 15.3. The molecular weight excluding hydrogens is 260 g/mol. The zero-order valence-electron chi connectivity index (χ0n) is 12.6. The van der Waals surface area contributed by atoms with Gasteiger partial charge in [0.15, 0.2) is 0 Å². The molecule has 2 aromatic rings. The van der Waals surface area contributed by atoms with Gasteiger partial charge in [0.2, 0.25) is 5.91 Å². The Hall–Kier alpha value is -2.13. The molecule has 1 atom stereocenters. The van der Waals surface area contributed by atoms with Crippen LogP contribution in [0.25, 0.3) is 11.1 Å². The van der Waals surface area contributed by atoms with Crippen LogP contribution in [0.3, 0.4) is 0 Å². The minimum Gasteiger partial charge on any atom is -0.350 e. The fourth-order valence-corrected chi connectivity index (χ4v) is 2.23. The molecular formula is C18H22N2O. The van der Waals surface area contributed by atoms with Crippen LogP contribution in [0.5, 0.6) is 0 Å². The average molecular weight is 282 g/mol. The van der Waals surface area contributed by atoms with Crippen molar-refractivity contribution >= 4 is 5.91 Å². The third kappa shape index (κ3) is 4.43. The zero-order valence-corrected chi connectivity index (χ0v) is 12.6. The van der Waals surface area contributed by atoms with Crippen LogP contribution in [0.15, 0.2) is 54.6 Å². The van der Waals surface area contributed by atoms with E-state index in [0.717, 1.165) is 5.56 Å². The summed E-state index contributed by atoms with van der Waals surface area (Å²) in [5.41, 5.74) is 3.51. The van der Waals surface area contributed by atoms with E-state index in [-0.39, 0.29) is 11.9 Å². The number of hydrogen-bond acceptors (Lipinski definition) is 2. The molecule has 0 radical (unpaired) electrons. The highest BCUT2D eigenvalue weighted by Gasteiger charge is 2.09. The molecule has 0 saturated carbocycles. The fourth-order valence-electron chi connectivity index (χ4n) is 2.23. The summed E-state index contributed by atoms with van der Waals surface area (Å²) < 4.78 is 0. The second kappa shape index (κ2) is 7.60. The van der Waals surface area contributed by atoms with Crippen molar-refractivity contribution in [2.24, 2.45) is 0 Å². The molecule has 0 aliphatic carbocycles. The molecule has 2 rings (SSSR count). The molecule has 3 nitrogen and oxygen atoms in total. The monoisotopic (exact) mass is 282 g/mol. The summed E-state index contributed by atoms with van der Waals surface area (Å²) in [4.78, 5) is 11.7. The summed E-state index contributed by atoms with van der Waals surface area (Å²) in [6, 6.07) is 18.6. The van der Waals surface area contributed by atoms with E-state index in [1.54, 1.807) is 0 Å². The van der Waals surface area contributed by atoms with Gasteiger partial charge in [0.1, 0.15) is 0 Å². The van der Waals surface area contributed by atoms with E-state index in [4.69, 9.17) is 0 Å². The number of hydrogen-bond donors (Lipinski definition) is 2. The van der Waals surface area contributed by atoms with Crippen molar-refractivity contribution in [1.29, 1.82) is 0 Å². The normalized spacial score (nSPS) is 11.9. The van der Waals surface area contributed by atoms with E-state index >= 15 is 0 Å². The maximum Gasteiger partial charge on any atom is 0.221 e. The van der Waals surface area contributed by atoms with Gasteiger partial charge >= 0.3 is 0 Å². The summed E-state index contributed by atoms with van der Waals surface area (Å²) in [7, 11) is 1.85. The molecule has 110 valence electrons. The highest BCUT2D eigenvalue weighted by atomic mass is 16.1. The Bertz CT molecular complexity index is 564. The maximum absolute atomic E-state index is 11.7. The highest BCUT2D eigenvalue weighted by molar-refractivity contribution is 5.76. The Kier molecular flexibility index (Phi) is 5.52. The molecule has 1 amide bonds. The molecule has 21 heavy (non-hydrogen) atoms. The molecule has 0 fully saturated rings. The van der Waals surface area contributed by atoms with Crippen molar-refractivity contribution < 1.29 is 4.79 Å². The van der Waals surface area contributed by atoms with Gasteiger partial charge in [-0.1, -0.05) is 54.6 Å². The van der Waals surface area contributed by atoms with Gasteiger partial charge in [-0.2, -0.15) is 0 Å². The van der Waals surface area contributed by atoms with E-state index in [1.165, 1.54) is 11.1 Å². The molecule has 0 aromatic heterocycles. The van der Waals surface area contributed by atoms with Gasteiger partial charge in [-0.3, -0.25) is 4.79 Å². The van der Waals surface area contributed by atoms with Gasteiger partial charge < -0.3 is 10.6 Å². The Morgan fingerprint density at radius 2 is 1.62 bits per heavy atom. The topological polar surface area (TPSA) is 41.1 Å². The molecule has 0 heterocycles. The molecule has 0 aliphatic heterocycles. The number of carbonyl (C=O) groups excluding carboxylic acids is 1. The Labute approximate surface area is 126 Å². The van der Waals surface area contributed by atoms with E-state index in [0.29, 0.717) is 13.0 Å². The highest BCUT2D eigenvalue weighted by Crippen LogP contribution is 2.21. The summed E-state index contributed by atoms with van der Waals surface area (Å²) >= 11 is 0. The third-order valence-corrected chi connectivity index (χ3v) is 3.50. The second-order valence-electron chi connectivity index (χ2n) is 5.13. The minimum atomic E-state index is 0.0270. The molecule has 2 aromatic carbocycles. The first-order valence-corrected chi connectivity index (χ1v) is 7.30. The van der Waals surface area contributed by atoms with E-state index in [1.807, 2.05) is 32.2 Å². The first-order chi connectivity index (χ1) is 10.2. The first-order valence-electron chi connectivity index (χ1n) is 7.30. The number of nitrogens with one attached hydrogen (secondary N) is 2. The number of rotatable bonds is 6. The van der Waals surface area contributed by atoms with Gasteiger partial charge in [0.25, 0.3) is 0 Å². The summed E-state index contributed by atoms with van der Waals surface area (Å²) in [6.45, 7) is 2.71. The van der Waals surface area contributed by atoms with Crippen LogP contribution in [0.4, 0.5) is 0 Å². The van der Waals surface area contributed by atoms with Crippen molar-refractivity contribution in [3.8, 4) is 11.1 Å². The summed E-state index contributed by atoms with van der Waals surface area (Å²) in [5.74, 6) is 0.0731. The summed E-state index contributed by atoms with van der Waals surface area (Å²) in [5, 5.41) is 5.99. The van der Waals surface area contributed by atoms with Crippen molar-refractivity contribution in [2.45, 2.75) is 19.4 Å². The molecule has 1 unspecified atom stereocenters. The lowest BCUT2D eigenvalue weighted by Gasteiger charge is -2.15. The van der Waals surface area contributed by atoms with Crippen molar-refractivity contribution in [3.05, 3.63) is 60.2 Å². The zero-order chi connectivity index (χ0) is 15.1. The molecule has 3 heteroatoms. The third-order valence-electron chi connectivity index (χ3n) is 3.50. The fraction of sp³-hybridized carbons (Fsp3) is 0.278. The van der Waals surface area contributed by atoms with E-state index in [9.17, 15) is 4.79 Å². The Morgan fingerprint density at radius 1 is 1.00 bits per heavy atom. The smallest absolute Gasteiger partial charge is 0.221 e. The predicted octanol–water partition coefficient (Wildman–Crippen LogP) is 3.14. The number of carbonyl (C=O) groups is 1. The van der Waals surface area contributed by atoms with Crippen molar-refractivity contribution in [3.63, 3.8) is 0 Å². The van der Waals surface area contributed by atoms with Crippen LogP contribution in [0.2, 0.25) is 0 Å². The number of amides is 1. The second-order valence-corrected chi connectivity index (χ2v) is 5.13. The van der Waals surface area contributed by atoms with Gasteiger partial charge in [-0.25, -0.2) is 0 Å². The largest absolute Gasteiger partial charge is 0.350 e. The lowest BCUT2D eigenvalue weighted by atomic mass is 10.0. The molecule has 0 spiro atoms. The Morgan fingerprint density at radius 3 is 2.24 bits per heavy atom. The van der Waals surface area contributed by atoms with Crippen molar-refractivity contribution in [2.75, 3.05) is 13.6 Å². The minimum absolute atomic E-state index is 0.0270. The molecule has 0 aliphatic rings. The lowest BCUT2D eigenvalue weighted by molar-refractivity contribution is -0.121. The SMILES string of the molecule is CNCCC(=O)NC(C)c1ccc(-c2ccccc2)cc1. The van der Waals surface area contributed by atoms with Gasteiger partial charge in [0, 0.05) is 13.0 Å². The van der Waals surface area contributed by atoms with E-state index in [2.05, 4.69) is 47.0 Å². The van der Waals surface area contributed by atoms with Gasteiger partial charge in [-0.05, 0) is 30.7 Å². The van der Waals surface area contributed by atoms with Crippen LogP contribution < -0.4 is 10.6 Å². The number of benzene rings is 2.